The van der Waals surface area contributed by atoms with E-state index in [4.69, 9.17) is 20.8 Å². The molecule has 1 unspecified atom stereocenters. The predicted octanol–water partition coefficient (Wildman–Crippen LogP) is 3.21. The smallest absolute Gasteiger partial charge is 0.199 e. The van der Waals surface area contributed by atoms with Gasteiger partial charge in [0.15, 0.2) is 5.22 Å². The van der Waals surface area contributed by atoms with Crippen molar-refractivity contribution in [2.75, 3.05) is 13.7 Å². The molecule has 0 radical (unpaired) electrons. The van der Waals surface area contributed by atoms with Crippen molar-refractivity contribution in [2.24, 2.45) is 0 Å². The van der Waals surface area contributed by atoms with Crippen LogP contribution in [0, 0.1) is 0 Å². The minimum Gasteiger partial charge on any atom is -0.444 e. The van der Waals surface area contributed by atoms with Crippen LogP contribution >= 0.6 is 11.6 Å². The molecule has 0 aliphatic rings. The topological polar surface area (TPSA) is 34.4 Å². The first-order valence-corrected chi connectivity index (χ1v) is 5.99. The molecule has 92 valence electrons. The van der Waals surface area contributed by atoms with Crippen molar-refractivity contribution in [3.05, 3.63) is 35.0 Å². The Balaban J connectivity index is 2.10. The average molecular weight is 254 g/mol. The molecule has 2 aromatic rings. The summed E-state index contributed by atoms with van der Waals surface area (Å²) in [5.41, 5.74) is 1.83. The lowest BCUT2D eigenvalue weighted by molar-refractivity contribution is 0.117. The number of para-hydroxylation sites is 1. The van der Waals surface area contributed by atoms with E-state index < -0.39 is 0 Å². The SMILES string of the molecule is COC(C)CNCc1c(Cl)oc2ccccc12. The zero-order valence-corrected chi connectivity index (χ0v) is 10.8. The fourth-order valence-corrected chi connectivity index (χ4v) is 1.97. The van der Waals surface area contributed by atoms with E-state index in [-0.39, 0.29) is 6.10 Å². The van der Waals surface area contributed by atoms with Crippen LogP contribution in [0.4, 0.5) is 0 Å². The van der Waals surface area contributed by atoms with Gasteiger partial charge in [0.1, 0.15) is 5.58 Å². The van der Waals surface area contributed by atoms with Crippen molar-refractivity contribution >= 4 is 22.6 Å². The van der Waals surface area contributed by atoms with E-state index in [2.05, 4.69) is 5.32 Å². The van der Waals surface area contributed by atoms with Crippen LogP contribution in [-0.2, 0) is 11.3 Å². The van der Waals surface area contributed by atoms with E-state index in [1.54, 1.807) is 7.11 Å². The summed E-state index contributed by atoms with van der Waals surface area (Å²) in [4.78, 5) is 0. The lowest BCUT2D eigenvalue weighted by Gasteiger charge is -2.10. The summed E-state index contributed by atoms with van der Waals surface area (Å²) in [7, 11) is 1.70. The number of ether oxygens (including phenoxy) is 1. The van der Waals surface area contributed by atoms with E-state index >= 15 is 0 Å². The molecule has 0 saturated carbocycles. The van der Waals surface area contributed by atoms with Crippen LogP contribution in [0.15, 0.2) is 28.7 Å². The monoisotopic (exact) mass is 253 g/mol. The second kappa shape index (κ2) is 5.54. The Bertz CT molecular complexity index is 495. The molecule has 2 rings (SSSR count). The van der Waals surface area contributed by atoms with Gasteiger partial charge in [-0.3, -0.25) is 0 Å². The van der Waals surface area contributed by atoms with Gasteiger partial charge in [-0.25, -0.2) is 0 Å². The van der Waals surface area contributed by atoms with Crippen molar-refractivity contribution in [3.63, 3.8) is 0 Å². The number of rotatable bonds is 5. The molecule has 17 heavy (non-hydrogen) atoms. The van der Waals surface area contributed by atoms with Crippen LogP contribution < -0.4 is 5.32 Å². The molecule has 1 atom stereocenters. The van der Waals surface area contributed by atoms with Crippen LogP contribution in [0.5, 0.6) is 0 Å². The quantitative estimate of drug-likeness (QED) is 0.889. The average Bonchev–Trinajstić information content (AvgIpc) is 2.66. The Morgan fingerprint density at radius 2 is 2.18 bits per heavy atom. The van der Waals surface area contributed by atoms with Gasteiger partial charge in [-0.2, -0.15) is 0 Å². The Morgan fingerprint density at radius 1 is 1.41 bits per heavy atom. The fraction of sp³-hybridized carbons (Fsp3) is 0.385. The Morgan fingerprint density at radius 3 is 2.94 bits per heavy atom. The molecular formula is C13H16ClNO2. The van der Waals surface area contributed by atoms with E-state index in [0.717, 1.165) is 23.1 Å². The largest absolute Gasteiger partial charge is 0.444 e. The van der Waals surface area contributed by atoms with Gasteiger partial charge in [0.25, 0.3) is 0 Å². The van der Waals surface area contributed by atoms with Crippen LogP contribution in [0.1, 0.15) is 12.5 Å². The van der Waals surface area contributed by atoms with Crippen molar-refractivity contribution in [1.29, 1.82) is 0 Å². The van der Waals surface area contributed by atoms with E-state index in [0.29, 0.717) is 11.8 Å². The summed E-state index contributed by atoms with van der Waals surface area (Å²) in [6.07, 6.45) is 0.187. The minimum absolute atomic E-state index is 0.187. The first-order valence-electron chi connectivity index (χ1n) is 5.61. The molecule has 1 aromatic heterocycles. The van der Waals surface area contributed by atoms with Crippen molar-refractivity contribution in [1.82, 2.24) is 5.32 Å². The fourth-order valence-electron chi connectivity index (χ4n) is 1.72. The van der Waals surface area contributed by atoms with Gasteiger partial charge in [-0.15, -0.1) is 0 Å². The van der Waals surface area contributed by atoms with Gasteiger partial charge in [-0.05, 0) is 24.6 Å². The number of halogens is 1. The van der Waals surface area contributed by atoms with Crippen LogP contribution in [0.25, 0.3) is 11.0 Å². The highest BCUT2D eigenvalue weighted by molar-refractivity contribution is 6.30. The molecule has 0 aliphatic carbocycles. The standard InChI is InChI=1S/C13H16ClNO2/c1-9(16-2)7-15-8-11-10-5-3-4-6-12(10)17-13(11)14/h3-6,9,15H,7-8H2,1-2H3. The highest BCUT2D eigenvalue weighted by Crippen LogP contribution is 2.29. The van der Waals surface area contributed by atoms with Crippen LogP contribution in [0.3, 0.4) is 0 Å². The van der Waals surface area contributed by atoms with Gasteiger partial charge < -0.3 is 14.5 Å². The zero-order chi connectivity index (χ0) is 12.3. The second-order valence-corrected chi connectivity index (χ2v) is 4.37. The van der Waals surface area contributed by atoms with Crippen molar-refractivity contribution in [2.45, 2.75) is 19.6 Å². The molecule has 0 aliphatic heterocycles. The van der Waals surface area contributed by atoms with E-state index in [9.17, 15) is 0 Å². The van der Waals surface area contributed by atoms with Gasteiger partial charge in [0, 0.05) is 31.1 Å². The highest BCUT2D eigenvalue weighted by atomic mass is 35.5. The summed E-state index contributed by atoms with van der Waals surface area (Å²) < 4.78 is 10.6. The third kappa shape index (κ3) is 2.80. The summed E-state index contributed by atoms with van der Waals surface area (Å²) >= 11 is 6.08. The van der Waals surface area contributed by atoms with Crippen molar-refractivity contribution < 1.29 is 9.15 Å². The number of nitrogens with one attached hydrogen (secondary N) is 1. The first-order chi connectivity index (χ1) is 8.22. The molecule has 1 N–H and O–H groups in total. The predicted molar refractivity (Wildman–Crippen MR) is 69.4 cm³/mol. The van der Waals surface area contributed by atoms with Gasteiger partial charge in [0.05, 0.1) is 6.10 Å². The number of fused-ring (bicyclic) bond motifs is 1. The summed E-state index contributed by atoms with van der Waals surface area (Å²) in [5, 5.41) is 4.83. The molecule has 3 nitrogen and oxygen atoms in total. The summed E-state index contributed by atoms with van der Waals surface area (Å²) in [6, 6.07) is 7.85. The molecule has 0 amide bonds. The Labute approximate surface area is 106 Å². The molecule has 1 aromatic carbocycles. The number of furan rings is 1. The van der Waals surface area contributed by atoms with Gasteiger partial charge in [-0.1, -0.05) is 18.2 Å². The number of hydrogen-bond donors (Lipinski definition) is 1. The molecule has 0 saturated heterocycles. The number of hydrogen-bond acceptors (Lipinski definition) is 3. The molecule has 0 bridgehead atoms. The third-order valence-corrected chi connectivity index (χ3v) is 3.09. The lowest BCUT2D eigenvalue weighted by Crippen LogP contribution is -2.25. The highest BCUT2D eigenvalue weighted by Gasteiger charge is 2.11. The maximum atomic E-state index is 6.08. The number of methoxy groups -OCH3 is 1. The molecule has 1 heterocycles. The Kier molecular flexibility index (Phi) is 4.05. The van der Waals surface area contributed by atoms with Gasteiger partial charge >= 0.3 is 0 Å². The zero-order valence-electron chi connectivity index (χ0n) is 10.00. The minimum atomic E-state index is 0.187. The summed E-state index contributed by atoms with van der Waals surface area (Å²) in [5.74, 6) is 0. The lowest BCUT2D eigenvalue weighted by atomic mass is 10.2. The maximum Gasteiger partial charge on any atom is 0.199 e. The molecule has 0 spiro atoms. The molecule has 4 heteroatoms. The van der Waals surface area contributed by atoms with Crippen molar-refractivity contribution in [3.8, 4) is 0 Å². The Hall–Kier alpha value is -1.03. The van der Waals surface area contributed by atoms with E-state index in [1.807, 2.05) is 31.2 Å². The van der Waals surface area contributed by atoms with Crippen LogP contribution in [-0.4, -0.2) is 19.8 Å². The maximum absolute atomic E-state index is 6.08. The summed E-state index contributed by atoms with van der Waals surface area (Å²) in [6.45, 7) is 3.48. The molecular weight excluding hydrogens is 238 g/mol. The second-order valence-electron chi connectivity index (χ2n) is 4.03. The van der Waals surface area contributed by atoms with E-state index in [1.165, 1.54) is 0 Å². The number of benzene rings is 1. The molecule has 0 fully saturated rings. The van der Waals surface area contributed by atoms with Gasteiger partial charge in [0.2, 0.25) is 0 Å². The first kappa shape index (κ1) is 12.4. The normalized spacial score (nSPS) is 13.1. The third-order valence-electron chi connectivity index (χ3n) is 2.78. The van der Waals surface area contributed by atoms with Crippen LogP contribution in [0.2, 0.25) is 5.22 Å².